The number of para-hydroxylation sites is 1. The number of methoxy groups -OCH3 is 1. The Morgan fingerprint density at radius 3 is 2.78 bits per heavy atom. The van der Waals surface area contributed by atoms with Crippen molar-refractivity contribution in [1.82, 2.24) is 15.8 Å². The molecule has 1 aromatic heterocycles. The lowest BCUT2D eigenvalue weighted by atomic mass is 10.1. The molecule has 0 bridgehead atoms. The van der Waals surface area contributed by atoms with Gasteiger partial charge in [0.25, 0.3) is 0 Å². The van der Waals surface area contributed by atoms with Crippen LogP contribution in [0.1, 0.15) is 43.7 Å². The van der Waals surface area contributed by atoms with Crippen LogP contribution < -0.4 is 15.4 Å². The lowest BCUT2D eigenvalue weighted by Gasteiger charge is -2.12. The molecule has 0 saturated carbocycles. The van der Waals surface area contributed by atoms with Crippen molar-refractivity contribution in [2.24, 2.45) is 4.99 Å². The summed E-state index contributed by atoms with van der Waals surface area (Å²) in [5.41, 5.74) is 1.98. The molecule has 0 aliphatic heterocycles. The van der Waals surface area contributed by atoms with Crippen LogP contribution in [0.25, 0.3) is 0 Å². The first-order valence-electron chi connectivity index (χ1n) is 9.31. The number of rotatable bonds is 10. The molecule has 2 aromatic rings. The zero-order chi connectivity index (χ0) is 19.5. The van der Waals surface area contributed by atoms with Crippen molar-refractivity contribution in [3.05, 3.63) is 47.3 Å². The molecular formula is C20H30N4O3. The van der Waals surface area contributed by atoms with Gasteiger partial charge in [0, 0.05) is 24.7 Å². The van der Waals surface area contributed by atoms with Gasteiger partial charge in [-0.25, -0.2) is 4.99 Å². The van der Waals surface area contributed by atoms with Gasteiger partial charge in [-0.15, -0.1) is 0 Å². The fourth-order valence-corrected chi connectivity index (χ4v) is 2.42. The fourth-order valence-electron chi connectivity index (χ4n) is 2.42. The number of hydrogen-bond donors (Lipinski definition) is 2. The first-order valence-corrected chi connectivity index (χ1v) is 9.31. The van der Waals surface area contributed by atoms with Crippen LogP contribution >= 0.6 is 0 Å². The van der Waals surface area contributed by atoms with E-state index in [9.17, 15) is 0 Å². The largest absolute Gasteiger partial charge is 0.496 e. The van der Waals surface area contributed by atoms with Crippen LogP contribution in [-0.4, -0.2) is 37.9 Å². The highest BCUT2D eigenvalue weighted by Crippen LogP contribution is 2.17. The smallest absolute Gasteiger partial charge is 0.191 e. The molecule has 0 radical (unpaired) electrons. The molecule has 0 aliphatic rings. The van der Waals surface area contributed by atoms with E-state index in [1.165, 1.54) is 0 Å². The molecule has 0 saturated heterocycles. The number of benzene rings is 1. The van der Waals surface area contributed by atoms with Crippen LogP contribution in [0.5, 0.6) is 5.75 Å². The number of ether oxygens (including phenoxy) is 2. The van der Waals surface area contributed by atoms with Crippen molar-refractivity contribution >= 4 is 5.96 Å². The third-order valence-corrected chi connectivity index (χ3v) is 3.89. The highest BCUT2D eigenvalue weighted by Gasteiger charge is 2.07. The molecule has 0 amide bonds. The summed E-state index contributed by atoms with van der Waals surface area (Å²) in [7, 11) is 1.66. The summed E-state index contributed by atoms with van der Waals surface area (Å²) in [6.45, 7) is 9.13. The van der Waals surface area contributed by atoms with Crippen molar-refractivity contribution in [1.29, 1.82) is 0 Å². The molecule has 0 atom stereocenters. The third kappa shape index (κ3) is 6.94. The summed E-state index contributed by atoms with van der Waals surface area (Å²) in [5.74, 6) is 2.66. The lowest BCUT2D eigenvalue weighted by molar-refractivity contribution is 0.123. The minimum absolute atomic E-state index is 0.346. The van der Waals surface area contributed by atoms with E-state index in [4.69, 9.17) is 14.0 Å². The Morgan fingerprint density at radius 1 is 1.26 bits per heavy atom. The predicted molar refractivity (Wildman–Crippen MR) is 106 cm³/mol. The van der Waals surface area contributed by atoms with Gasteiger partial charge < -0.3 is 24.6 Å². The zero-order valence-corrected chi connectivity index (χ0v) is 16.6. The molecule has 7 heteroatoms. The summed E-state index contributed by atoms with van der Waals surface area (Å²) in [6.07, 6.45) is 0. The molecule has 0 spiro atoms. The quantitative estimate of drug-likeness (QED) is 0.378. The van der Waals surface area contributed by atoms with Gasteiger partial charge in [0.05, 0.1) is 26.0 Å². The normalized spacial score (nSPS) is 11.7. The highest BCUT2D eigenvalue weighted by molar-refractivity contribution is 5.79. The number of aliphatic imine (C=N–C) groups is 1. The Hall–Kier alpha value is -2.54. The van der Waals surface area contributed by atoms with E-state index in [1.54, 1.807) is 7.11 Å². The van der Waals surface area contributed by atoms with Crippen molar-refractivity contribution in [3.63, 3.8) is 0 Å². The van der Waals surface area contributed by atoms with Gasteiger partial charge >= 0.3 is 0 Å². The van der Waals surface area contributed by atoms with Crippen molar-refractivity contribution in [2.45, 2.75) is 39.8 Å². The summed E-state index contributed by atoms with van der Waals surface area (Å²) in [6, 6.07) is 9.81. The second-order valence-corrected chi connectivity index (χ2v) is 6.36. The van der Waals surface area contributed by atoms with E-state index >= 15 is 0 Å². The summed E-state index contributed by atoms with van der Waals surface area (Å²) in [4.78, 5) is 4.52. The Balaban J connectivity index is 1.76. The van der Waals surface area contributed by atoms with Crippen LogP contribution in [0.15, 0.2) is 39.8 Å². The minimum atomic E-state index is 0.346. The standard InChI is InChI=1S/C20H30N4O3/c1-5-21-20(23-13-17-12-18(15(2)3)24-27-17)22-10-11-26-14-16-8-6-7-9-19(16)25-4/h6-9,12,15H,5,10-11,13-14H2,1-4H3,(H2,21,22,23). The van der Waals surface area contributed by atoms with Gasteiger partial charge in [0.1, 0.15) is 12.3 Å². The van der Waals surface area contributed by atoms with E-state index < -0.39 is 0 Å². The van der Waals surface area contributed by atoms with Crippen LogP contribution in [0.3, 0.4) is 0 Å². The van der Waals surface area contributed by atoms with Crippen LogP contribution in [0, 0.1) is 0 Å². The van der Waals surface area contributed by atoms with E-state index in [-0.39, 0.29) is 0 Å². The molecule has 0 unspecified atom stereocenters. The lowest BCUT2D eigenvalue weighted by Crippen LogP contribution is -2.38. The van der Waals surface area contributed by atoms with E-state index in [1.807, 2.05) is 37.3 Å². The van der Waals surface area contributed by atoms with Gasteiger partial charge in [-0.05, 0) is 18.9 Å². The van der Waals surface area contributed by atoms with Gasteiger partial charge in [-0.1, -0.05) is 37.2 Å². The molecule has 148 valence electrons. The van der Waals surface area contributed by atoms with Crippen molar-refractivity contribution in [2.75, 3.05) is 26.8 Å². The number of nitrogens with zero attached hydrogens (tertiary/aromatic N) is 2. The molecule has 0 fully saturated rings. The number of nitrogens with one attached hydrogen (secondary N) is 2. The van der Waals surface area contributed by atoms with Crippen molar-refractivity contribution in [3.8, 4) is 5.75 Å². The molecule has 27 heavy (non-hydrogen) atoms. The van der Waals surface area contributed by atoms with Gasteiger partial charge in [-0.3, -0.25) is 0 Å². The minimum Gasteiger partial charge on any atom is -0.496 e. The number of aromatic nitrogens is 1. The topological polar surface area (TPSA) is 80.9 Å². The Bertz CT molecular complexity index is 713. The summed E-state index contributed by atoms with van der Waals surface area (Å²) < 4.78 is 16.4. The van der Waals surface area contributed by atoms with Crippen LogP contribution in [0.4, 0.5) is 0 Å². The van der Waals surface area contributed by atoms with E-state index in [0.29, 0.717) is 32.2 Å². The molecule has 0 aliphatic carbocycles. The first-order chi connectivity index (χ1) is 13.1. The van der Waals surface area contributed by atoms with Crippen LogP contribution in [0.2, 0.25) is 0 Å². The fraction of sp³-hybridized carbons (Fsp3) is 0.500. The van der Waals surface area contributed by atoms with E-state index in [0.717, 1.165) is 35.3 Å². The molecule has 1 heterocycles. The summed E-state index contributed by atoms with van der Waals surface area (Å²) in [5, 5.41) is 10.5. The average molecular weight is 374 g/mol. The molecule has 1 aromatic carbocycles. The summed E-state index contributed by atoms with van der Waals surface area (Å²) >= 11 is 0. The number of guanidine groups is 1. The second kappa shape index (κ2) is 11.2. The molecular weight excluding hydrogens is 344 g/mol. The Kier molecular flexibility index (Phi) is 8.64. The Morgan fingerprint density at radius 2 is 2.07 bits per heavy atom. The first kappa shape index (κ1) is 20.8. The third-order valence-electron chi connectivity index (χ3n) is 3.89. The number of hydrogen-bond acceptors (Lipinski definition) is 5. The molecule has 2 N–H and O–H groups in total. The predicted octanol–water partition coefficient (Wildman–Crippen LogP) is 3.08. The molecule has 7 nitrogen and oxygen atoms in total. The SMILES string of the molecule is CCNC(=NCc1cc(C(C)C)no1)NCCOCc1ccccc1OC. The maximum atomic E-state index is 5.73. The second-order valence-electron chi connectivity index (χ2n) is 6.36. The van der Waals surface area contributed by atoms with Crippen LogP contribution in [-0.2, 0) is 17.9 Å². The average Bonchev–Trinajstić information content (AvgIpc) is 3.15. The zero-order valence-electron chi connectivity index (χ0n) is 16.6. The maximum Gasteiger partial charge on any atom is 0.191 e. The van der Waals surface area contributed by atoms with Crippen molar-refractivity contribution < 1.29 is 14.0 Å². The van der Waals surface area contributed by atoms with Gasteiger partial charge in [0.15, 0.2) is 11.7 Å². The van der Waals surface area contributed by atoms with Gasteiger partial charge in [0.2, 0.25) is 0 Å². The Labute approximate surface area is 161 Å². The maximum absolute atomic E-state index is 5.73. The molecule has 2 rings (SSSR count). The van der Waals surface area contributed by atoms with E-state index in [2.05, 4.69) is 34.6 Å². The monoisotopic (exact) mass is 374 g/mol. The highest BCUT2D eigenvalue weighted by atomic mass is 16.5. The van der Waals surface area contributed by atoms with Gasteiger partial charge in [-0.2, -0.15) is 0 Å².